The van der Waals surface area contributed by atoms with Gasteiger partial charge in [-0.3, -0.25) is 0 Å². The first-order chi connectivity index (χ1) is 9.70. The van der Waals surface area contributed by atoms with Crippen LogP contribution in [0.1, 0.15) is 39.2 Å². The molecule has 2 rings (SSSR count). The first-order valence-corrected chi connectivity index (χ1v) is 7.74. The van der Waals surface area contributed by atoms with Crippen molar-refractivity contribution in [2.75, 3.05) is 24.6 Å². The average Bonchev–Trinajstić information content (AvgIpc) is 2.96. The van der Waals surface area contributed by atoms with Gasteiger partial charge in [0.25, 0.3) is 0 Å². The smallest absolute Gasteiger partial charge is 0.133 e. The molecule has 112 valence electrons. The van der Waals surface area contributed by atoms with Crippen LogP contribution in [0.4, 0.5) is 5.82 Å². The van der Waals surface area contributed by atoms with Gasteiger partial charge in [0.15, 0.2) is 0 Å². The van der Waals surface area contributed by atoms with Crippen molar-refractivity contribution in [3.8, 4) is 0 Å². The maximum atomic E-state index is 5.76. The zero-order valence-corrected chi connectivity index (χ0v) is 12.9. The SMILES string of the molecule is CCN(CC1CCCO1)c1ncccc1CNC(C)C. The van der Waals surface area contributed by atoms with Crippen molar-refractivity contribution in [3.05, 3.63) is 23.9 Å². The topological polar surface area (TPSA) is 37.4 Å². The predicted molar refractivity (Wildman–Crippen MR) is 83.1 cm³/mol. The van der Waals surface area contributed by atoms with E-state index in [1.807, 2.05) is 12.3 Å². The number of hydrogen-bond acceptors (Lipinski definition) is 4. The number of nitrogens with zero attached hydrogens (tertiary/aromatic N) is 2. The number of anilines is 1. The highest BCUT2D eigenvalue weighted by Gasteiger charge is 2.20. The van der Waals surface area contributed by atoms with Crippen LogP contribution in [0.3, 0.4) is 0 Å². The summed E-state index contributed by atoms with van der Waals surface area (Å²) in [5.41, 5.74) is 1.26. The van der Waals surface area contributed by atoms with Crippen LogP contribution in [-0.4, -0.2) is 36.8 Å². The molecule has 1 saturated heterocycles. The Morgan fingerprint density at radius 3 is 3.00 bits per heavy atom. The number of hydrogen-bond donors (Lipinski definition) is 1. The standard InChI is InChI=1S/C16H27N3O/c1-4-19(12-15-8-6-10-20-15)16-14(7-5-9-17-16)11-18-13(2)3/h5,7,9,13,15,18H,4,6,8,10-12H2,1-3H3. The Kier molecular flexibility index (Phi) is 5.80. The summed E-state index contributed by atoms with van der Waals surface area (Å²) in [7, 11) is 0. The normalized spacial score (nSPS) is 18.7. The summed E-state index contributed by atoms with van der Waals surface area (Å²) in [6, 6.07) is 4.66. The molecule has 0 saturated carbocycles. The van der Waals surface area contributed by atoms with Crippen LogP contribution in [0.5, 0.6) is 0 Å². The van der Waals surface area contributed by atoms with Gasteiger partial charge in [-0.2, -0.15) is 0 Å². The van der Waals surface area contributed by atoms with E-state index in [4.69, 9.17) is 4.74 Å². The van der Waals surface area contributed by atoms with Crippen LogP contribution in [0.25, 0.3) is 0 Å². The van der Waals surface area contributed by atoms with Gasteiger partial charge in [0.2, 0.25) is 0 Å². The van der Waals surface area contributed by atoms with Gasteiger partial charge in [-0.05, 0) is 25.8 Å². The third-order valence-corrected chi connectivity index (χ3v) is 3.70. The summed E-state index contributed by atoms with van der Waals surface area (Å²) in [5, 5.41) is 3.48. The number of pyridine rings is 1. The minimum Gasteiger partial charge on any atom is -0.376 e. The van der Waals surface area contributed by atoms with Crippen LogP contribution in [0, 0.1) is 0 Å². The molecule has 4 heteroatoms. The Bertz CT molecular complexity index is 402. The van der Waals surface area contributed by atoms with E-state index in [0.717, 1.165) is 32.1 Å². The molecule has 1 N–H and O–H groups in total. The molecule has 0 aliphatic carbocycles. The molecular formula is C16H27N3O. The van der Waals surface area contributed by atoms with Gasteiger partial charge >= 0.3 is 0 Å². The van der Waals surface area contributed by atoms with Gasteiger partial charge < -0.3 is 15.0 Å². The summed E-state index contributed by atoms with van der Waals surface area (Å²) in [5.74, 6) is 1.10. The molecule has 2 heterocycles. The summed E-state index contributed by atoms with van der Waals surface area (Å²) < 4.78 is 5.76. The molecule has 1 aliphatic heterocycles. The molecule has 1 atom stereocenters. The maximum absolute atomic E-state index is 5.76. The van der Waals surface area contributed by atoms with Crippen LogP contribution in [0.15, 0.2) is 18.3 Å². The number of rotatable bonds is 7. The van der Waals surface area contributed by atoms with Crippen LogP contribution < -0.4 is 10.2 Å². The molecule has 1 aromatic rings. The lowest BCUT2D eigenvalue weighted by molar-refractivity contribution is 0.115. The number of ether oxygens (including phenoxy) is 1. The van der Waals surface area contributed by atoms with Gasteiger partial charge in [0.1, 0.15) is 5.82 Å². The summed E-state index contributed by atoms with van der Waals surface area (Å²) in [6.07, 6.45) is 4.60. The Morgan fingerprint density at radius 1 is 1.50 bits per heavy atom. The largest absolute Gasteiger partial charge is 0.376 e. The molecule has 20 heavy (non-hydrogen) atoms. The third kappa shape index (κ3) is 4.18. The quantitative estimate of drug-likeness (QED) is 0.831. The number of likely N-dealkylation sites (N-methyl/N-ethyl adjacent to an activating group) is 1. The van der Waals surface area contributed by atoms with Crippen molar-refractivity contribution in [2.24, 2.45) is 0 Å². The average molecular weight is 277 g/mol. The van der Waals surface area contributed by atoms with Crippen molar-refractivity contribution in [3.63, 3.8) is 0 Å². The van der Waals surface area contributed by atoms with E-state index in [2.05, 4.69) is 42.0 Å². The van der Waals surface area contributed by atoms with Crippen molar-refractivity contribution in [1.29, 1.82) is 0 Å². The molecule has 1 aromatic heterocycles. The van der Waals surface area contributed by atoms with Crippen LogP contribution >= 0.6 is 0 Å². The van der Waals surface area contributed by atoms with Crippen molar-refractivity contribution >= 4 is 5.82 Å². The fourth-order valence-electron chi connectivity index (χ4n) is 2.57. The number of nitrogens with one attached hydrogen (secondary N) is 1. The zero-order valence-electron chi connectivity index (χ0n) is 12.9. The molecule has 0 aromatic carbocycles. The highest BCUT2D eigenvalue weighted by Crippen LogP contribution is 2.20. The first-order valence-electron chi connectivity index (χ1n) is 7.74. The van der Waals surface area contributed by atoms with Gasteiger partial charge in [-0.15, -0.1) is 0 Å². The lowest BCUT2D eigenvalue weighted by Crippen LogP contribution is -2.34. The van der Waals surface area contributed by atoms with Gasteiger partial charge in [-0.25, -0.2) is 4.98 Å². The van der Waals surface area contributed by atoms with E-state index in [1.54, 1.807) is 0 Å². The molecule has 1 aliphatic rings. The zero-order chi connectivity index (χ0) is 14.4. The molecule has 0 amide bonds. The molecule has 1 unspecified atom stereocenters. The minimum atomic E-state index is 0.364. The molecule has 0 spiro atoms. The molecule has 0 radical (unpaired) electrons. The van der Waals surface area contributed by atoms with Crippen molar-refractivity contribution < 1.29 is 4.74 Å². The van der Waals surface area contributed by atoms with Gasteiger partial charge in [0.05, 0.1) is 6.10 Å². The Labute approximate surface area is 122 Å². The van der Waals surface area contributed by atoms with E-state index in [0.29, 0.717) is 12.1 Å². The van der Waals surface area contributed by atoms with Gasteiger partial charge in [-0.1, -0.05) is 19.9 Å². The second-order valence-electron chi connectivity index (χ2n) is 5.70. The van der Waals surface area contributed by atoms with Crippen molar-refractivity contribution in [2.45, 2.75) is 52.3 Å². The number of aromatic nitrogens is 1. The summed E-state index contributed by atoms with van der Waals surface area (Å²) >= 11 is 0. The maximum Gasteiger partial charge on any atom is 0.133 e. The summed E-state index contributed by atoms with van der Waals surface area (Å²) in [4.78, 5) is 6.94. The minimum absolute atomic E-state index is 0.364. The highest BCUT2D eigenvalue weighted by molar-refractivity contribution is 5.46. The monoisotopic (exact) mass is 277 g/mol. The van der Waals surface area contributed by atoms with Crippen LogP contribution in [-0.2, 0) is 11.3 Å². The first kappa shape index (κ1) is 15.3. The second-order valence-corrected chi connectivity index (χ2v) is 5.70. The Balaban J connectivity index is 2.07. The fraction of sp³-hybridized carbons (Fsp3) is 0.688. The fourth-order valence-corrected chi connectivity index (χ4v) is 2.57. The second kappa shape index (κ2) is 7.60. The lowest BCUT2D eigenvalue weighted by atomic mass is 10.2. The Hall–Kier alpha value is -1.13. The van der Waals surface area contributed by atoms with Crippen LogP contribution in [0.2, 0.25) is 0 Å². The molecule has 0 bridgehead atoms. The lowest BCUT2D eigenvalue weighted by Gasteiger charge is -2.27. The van der Waals surface area contributed by atoms with Gasteiger partial charge in [0, 0.05) is 44.0 Å². The van der Waals surface area contributed by atoms with Crippen molar-refractivity contribution in [1.82, 2.24) is 10.3 Å². The molecular weight excluding hydrogens is 250 g/mol. The third-order valence-electron chi connectivity index (χ3n) is 3.70. The predicted octanol–water partition coefficient (Wildman–Crippen LogP) is 2.58. The van der Waals surface area contributed by atoms with E-state index < -0.39 is 0 Å². The Morgan fingerprint density at radius 2 is 2.35 bits per heavy atom. The molecule has 4 nitrogen and oxygen atoms in total. The van der Waals surface area contributed by atoms with E-state index in [9.17, 15) is 0 Å². The molecule has 1 fully saturated rings. The van der Waals surface area contributed by atoms with E-state index >= 15 is 0 Å². The summed E-state index contributed by atoms with van der Waals surface area (Å²) in [6.45, 7) is 10.2. The van der Waals surface area contributed by atoms with E-state index in [1.165, 1.54) is 18.4 Å². The highest BCUT2D eigenvalue weighted by atomic mass is 16.5. The van der Waals surface area contributed by atoms with E-state index in [-0.39, 0.29) is 0 Å².